The summed E-state index contributed by atoms with van der Waals surface area (Å²) in [6.45, 7) is 2.23. The molecule has 0 spiro atoms. The van der Waals surface area contributed by atoms with Crippen LogP contribution in [0.2, 0.25) is 0 Å². The van der Waals surface area contributed by atoms with Crippen molar-refractivity contribution in [2.45, 2.75) is 82.8 Å². The monoisotopic (exact) mass is 446 g/mol. The maximum Gasteiger partial charge on any atom is 1.00 e. The molecule has 0 aliphatic heterocycles. The number of hydrogen-bond acceptors (Lipinski definition) is 5. The molecule has 9 nitrogen and oxygen atoms in total. The summed E-state index contributed by atoms with van der Waals surface area (Å²) in [7, 11) is -4.84. The van der Waals surface area contributed by atoms with Crippen LogP contribution in [0.1, 0.15) is 80.4 Å². The van der Waals surface area contributed by atoms with Crippen LogP contribution in [0.3, 0.4) is 0 Å². The number of carbonyl (C=O) groups is 3. The first kappa shape index (κ1) is 35.7. The minimum absolute atomic E-state index is 0. The summed E-state index contributed by atoms with van der Waals surface area (Å²) < 4.78 is 28.7. The van der Waals surface area contributed by atoms with Crippen molar-refractivity contribution in [2.75, 3.05) is 0 Å². The van der Waals surface area contributed by atoms with Gasteiger partial charge in [-0.05, 0) is 6.42 Å². The predicted molar refractivity (Wildman–Crippen MR) is 96.9 cm³/mol. The van der Waals surface area contributed by atoms with E-state index in [1.165, 1.54) is 44.9 Å². The Morgan fingerprint density at radius 3 is 1.43 bits per heavy atom. The van der Waals surface area contributed by atoms with Crippen molar-refractivity contribution < 1.29 is 105 Å². The first-order valence-corrected chi connectivity index (χ1v) is 10.1. The van der Waals surface area contributed by atoms with E-state index in [-0.39, 0.29) is 62.0 Å². The van der Waals surface area contributed by atoms with E-state index in [1.807, 2.05) is 0 Å². The minimum atomic E-state index is -4.84. The fraction of sp³-hybridized carbons (Fsp3) is 0.812. The Hall–Kier alpha value is 0.320. The van der Waals surface area contributed by atoms with Gasteiger partial charge < -0.3 is 18.2 Å². The second kappa shape index (κ2) is 22.0. The van der Waals surface area contributed by atoms with E-state index in [1.54, 1.807) is 0 Å². The molecule has 0 bridgehead atoms. The van der Waals surface area contributed by atoms with E-state index in [4.69, 9.17) is 19.9 Å². The Labute approximate surface area is 214 Å². The summed E-state index contributed by atoms with van der Waals surface area (Å²) in [6.07, 6.45) is 10.3. The molecule has 0 aliphatic rings. The summed E-state index contributed by atoms with van der Waals surface area (Å²) in [5.74, 6) is -4.16. The molecule has 0 aromatic heterocycles. The SMILES string of the molecule is CCCCCCCCCCCC(=O)O.O=C(O)CC(C(=O)O)S(=O)(=O)O.[H-].[H-].[Na+].[Na+]. The van der Waals surface area contributed by atoms with Crippen LogP contribution in [0.5, 0.6) is 0 Å². The van der Waals surface area contributed by atoms with Crippen LogP contribution in [0.25, 0.3) is 0 Å². The van der Waals surface area contributed by atoms with E-state index in [9.17, 15) is 22.8 Å². The van der Waals surface area contributed by atoms with Crippen LogP contribution in [0.4, 0.5) is 0 Å². The molecular weight excluding hydrogens is 414 g/mol. The summed E-state index contributed by atoms with van der Waals surface area (Å²) in [6, 6.07) is 0. The predicted octanol–water partition coefficient (Wildman–Crippen LogP) is -2.97. The summed E-state index contributed by atoms with van der Waals surface area (Å²) in [5.41, 5.74) is 0. The van der Waals surface area contributed by atoms with Gasteiger partial charge in [0.1, 0.15) is 0 Å². The molecule has 28 heavy (non-hydrogen) atoms. The van der Waals surface area contributed by atoms with Crippen molar-refractivity contribution >= 4 is 28.0 Å². The summed E-state index contributed by atoms with van der Waals surface area (Å²) in [4.78, 5) is 30.2. The molecule has 0 aliphatic carbocycles. The number of rotatable bonds is 14. The van der Waals surface area contributed by atoms with Crippen molar-refractivity contribution in [1.29, 1.82) is 0 Å². The molecule has 0 radical (unpaired) electrons. The molecule has 0 aromatic rings. The molecule has 1 atom stereocenters. The first-order chi connectivity index (χ1) is 12.0. The van der Waals surface area contributed by atoms with Gasteiger partial charge in [0.05, 0.1) is 6.42 Å². The number of aliphatic carboxylic acids is 3. The van der Waals surface area contributed by atoms with E-state index >= 15 is 0 Å². The van der Waals surface area contributed by atoms with Crippen molar-refractivity contribution in [3.63, 3.8) is 0 Å². The van der Waals surface area contributed by atoms with E-state index in [0.717, 1.165) is 12.8 Å². The van der Waals surface area contributed by atoms with Gasteiger partial charge in [-0.1, -0.05) is 58.3 Å². The Balaban J connectivity index is -0.0000000854. The molecule has 0 fully saturated rings. The van der Waals surface area contributed by atoms with Crippen LogP contribution < -0.4 is 59.1 Å². The first-order valence-electron chi connectivity index (χ1n) is 8.65. The smallest absolute Gasteiger partial charge is 1.00 e. The number of carboxylic acids is 3. The molecule has 12 heteroatoms. The van der Waals surface area contributed by atoms with Crippen LogP contribution in [0.15, 0.2) is 0 Å². The molecular formula is C16H32Na2O9S. The van der Waals surface area contributed by atoms with Gasteiger partial charge in [0.25, 0.3) is 10.1 Å². The number of carboxylic acid groups (broad SMARTS) is 3. The fourth-order valence-corrected chi connectivity index (χ4v) is 2.67. The molecule has 0 saturated carbocycles. The van der Waals surface area contributed by atoms with Crippen LogP contribution >= 0.6 is 0 Å². The van der Waals surface area contributed by atoms with Gasteiger partial charge in [-0.2, -0.15) is 8.42 Å². The quantitative estimate of drug-likeness (QED) is 0.124. The molecule has 0 aromatic carbocycles. The molecule has 4 N–H and O–H groups in total. The molecule has 158 valence electrons. The van der Waals surface area contributed by atoms with Crippen LogP contribution in [-0.4, -0.2) is 51.4 Å². The Bertz CT molecular complexity index is 535. The van der Waals surface area contributed by atoms with E-state index in [0.29, 0.717) is 6.42 Å². The van der Waals surface area contributed by atoms with Gasteiger partial charge in [-0.15, -0.1) is 0 Å². The molecule has 0 amide bonds. The summed E-state index contributed by atoms with van der Waals surface area (Å²) in [5, 5.41) is 22.3. The second-order valence-electron chi connectivity index (χ2n) is 5.91. The minimum Gasteiger partial charge on any atom is -1.00 e. The van der Waals surface area contributed by atoms with Gasteiger partial charge >= 0.3 is 77.0 Å². The third-order valence-electron chi connectivity index (χ3n) is 3.49. The largest absolute Gasteiger partial charge is 1.00 e. The van der Waals surface area contributed by atoms with Crippen molar-refractivity contribution in [3.05, 3.63) is 0 Å². The third-order valence-corrected chi connectivity index (χ3v) is 4.58. The van der Waals surface area contributed by atoms with E-state index < -0.39 is 39.7 Å². The second-order valence-corrected chi connectivity index (χ2v) is 7.51. The van der Waals surface area contributed by atoms with Gasteiger partial charge in [-0.25, -0.2) is 0 Å². The zero-order valence-corrected chi connectivity index (χ0v) is 21.9. The molecule has 1 unspecified atom stereocenters. The maximum atomic E-state index is 10.2. The molecule has 0 saturated heterocycles. The normalized spacial score (nSPS) is 11.1. The average Bonchev–Trinajstić information content (AvgIpc) is 2.50. The van der Waals surface area contributed by atoms with E-state index in [2.05, 4.69) is 6.92 Å². The molecule has 0 rings (SSSR count). The van der Waals surface area contributed by atoms with Gasteiger partial charge in [0, 0.05) is 6.42 Å². The Morgan fingerprint density at radius 1 is 0.786 bits per heavy atom. The van der Waals surface area contributed by atoms with Crippen LogP contribution in [0, 0.1) is 0 Å². The number of unbranched alkanes of at least 4 members (excludes halogenated alkanes) is 8. The van der Waals surface area contributed by atoms with Crippen molar-refractivity contribution in [1.82, 2.24) is 0 Å². The maximum absolute atomic E-state index is 10.2. The zero-order chi connectivity index (χ0) is 20.6. The Kier molecular flexibility index (Phi) is 28.1. The average molecular weight is 446 g/mol. The number of hydrogen-bond donors (Lipinski definition) is 4. The summed E-state index contributed by atoms with van der Waals surface area (Å²) >= 11 is 0. The van der Waals surface area contributed by atoms with Gasteiger partial charge in [0.2, 0.25) is 0 Å². The fourth-order valence-electron chi connectivity index (χ4n) is 2.07. The standard InChI is InChI=1S/C12H24O2.C4H6O7S.2Na.2H/c1-2-3-4-5-6-7-8-9-10-11-12(13)14;5-3(6)1-2(4(7)8)12(9,10)11;;;;/h2-11H2,1H3,(H,13,14);2H,1H2,(H,5,6)(H,7,8)(H,9,10,11);;;;/q;;2*+1;2*-1. The molecule has 0 heterocycles. The van der Waals surface area contributed by atoms with Gasteiger partial charge in [0.15, 0.2) is 5.25 Å². The van der Waals surface area contributed by atoms with Crippen LogP contribution in [-0.2, 0) is 24.5 Å². The van der Waals surface area contributed by atoms with Crippen molar-refractivity contribution in [3.8, 4) is 0 Å². The third kappa shape index (κ3) is 26.3. The zero-order valence-electron chi connectivity index (χ0n) is 19.1. The van der Waals surface area contributed by atoms with Crippen molar-refractivity contribution in [2.24, 2.45) is 0 Å². The topological polar surface area (TPSA) is 166 Å². The Morgan fingerprint density at radius 2 is 1.18 bits per heavy atom. The van der Waals surface area contributed by atoms with Gasteiger partial charge in [-0.3, -0.25) is 18.9 Å².